The molecule has 0 saturated carbocycles. The van der Waals surface area contributed by atoms with E-state index in [4.69, 9.17) is 4.74 Å². The summed E-state index contributed by atoms with van der Waals surface area (Å²) in [7, 11) is 0. The number of hydrogen-bond donors (Lipinski definition) is 0. The van der Waals surface area contributed by atoms with E-state index in [1.54, 1.807) is 11.8 Å². The van der Waals surface area contributed by atoms with Crippen LogP contribution in [0.3, 0.4) is 0 Å². The number of hydrogen-bond acceptors (Lipinski definition) is 5. The lowest BCUT2D eigenvalue weighted by Gasteiger charge is -2.22. The van der Waals surface area contributed by atoms with Crippen LogP contribution in [0, 0.1) is 13.8 Å². The number of amides is 1. The van der Waals surface area contributed by atoms with Crippen LogP contribution in [0.2, 0.25) is 0 Å². The molecule has 0 atom stereocenters. The Balaban J connectivity index is 1.77. The Morgan fingerprint density at radius 3 is 2.54 bits per heavy atom. The number of thiazole rings is 1. The molecule has 0 radical (unpaired) electrons. The second kappa shape index (κ2) is 7.66. The molecule has 0 bridgehead atoms. The van der Waals surface area contributed by atoms with Gasteiger partial charge in [-0.3, -0.25) is 4.79 Å². The summed E-state index contributed by atoms with van der Waals surface area (Å²) in [5.74, 6) is -0.758. The van der Waals surface area contributed by atoms with Gasteiger partial charge in [-0.1, -0.05) is 36.4 Å². The molecule has 2 aromatic carbocycles. The van der Waals surface area contributed by atoms with Gasteiger partial charge in [-0.15, -0.1) is 11.3 Å². The average molecular weight is 368 g/mol. The lowest BCUT2D eigenvalue weighted by molar-refractivity contribution is -0.121. The Morgan fingerprint density at radius 1 is 1.12 bits per heavy atom. The van der Waals surface area contributed by atoms with Crippen molar-refractivity contribution in [2.45, 2.75) is 20.8 Å². The number of fused-ring (bicyclic) bond motifs is 1. The van der Waals surface area contributed by atoms with E-state index < -0.39 is 5.97 Å². The summed E-state index contributed by atoms with van der Waals surface area (Å²) in [6, 6.07) is 13.7. The lowest BCUT2D eigenvalue weighted by atomic mass is 10.1. The van der Waals surface area contributed by atoms with Crippen LogP contribution < -0.4 is 4.90 Å². The van der Waals surface area contributed by atoms with Crippen LogP contribution >= 0.6 is 11.3 Å². The minimum absolute atomic E-state index is 0.254. The third kappa shape index (κ3) is 3.60. The maximum Gasteiger partial charge on any atom is 0.350 e. The molecule has 0 aliphatic rings. The first-order valence-corrected chi connectivity index (χ1v) is 9.22. The Labute approximate surface area is 156 Å². The number of anilines is 1. The molecule has 1 amide bonds. The molecule has 1 aromatic heterocycles. The largest absolute Gasteiger partial charge is 0.451 e. The number of rotatable bonds is 5. The molecule has 0 unspecified atom stereocenters. The normalized spacial score (nSPS) is 10.7. The summed E-state index contributed by atoms with van der Waals surface area (Å²) in [6.45, 7) is 5.68. The molecule has 0 aliphatic heterocycles. The highest BCUT2D eigenvalue weighted by atomic mass is 32.1. The van der Waals surface area contributed by atoms with E-state index in [1.807, 2.05) is 56.3 Å². The van der Waals surface area contributed by atoms with Gasteiger partial charge in [-0.05, 0) is 32.2 Å². The standard InChI is InChI=1S/C20H20N2O3S/c1-4-22(17-11-7-9-15-8-5-6-10-16(15)17)18(23)12-25-20(24)19-13(2)21-14(3)26-19/h5-11H,4,12H2,1-3H3. The van der Waals surface area contributed by atoms with E-state index in [9.17, 15) is 9.59 Å². The van der Waals surface area contributed by atoms with E-state index in [0.29, 0.717) is 17.1 Å². The number of likely N-dealkylation sites (N-methyl/N-ethyl adjacent to an activating group) is 1. The summed E-state index contributed by atoms with van der Waals surface area (Å²) < 4.78 is 5.24. The van der Waals surface area contributed by atoms with Crippen LogP contribution in [0.15, 0.2) is 42.5 Å². The maximum absolute atomic E-state index is 12.7. The SMILES string of the molecule is CCN(C(=O)COC(=O)c1sc(C)nc1C)c1cccc2ccccc12. The summed E-state index contributed by atoms with van der Waals surface area (Å²) >= 11 is 1.28. The van der Waals surface area contributed by atoms with E-state index >= 15 is 0 Å². The molecular weight excluding hydrogens is 348 g/mol. The molecule has 0 fully saturated rings. The third-order valence-corrected chi connectivity index (χ3v) is 5.14. The Morgan fingerprint density at radius 2 is 1.85 bits per heavy atom. The van der Waals surface area contributed by atoms with Crippen LogP contribution in [0.1, 0.15) is 27.3 Å². The average Bonchev–Trinajstić information content (AvgIpc) is 2.99. The van der Waals surface area contributed by atoms with Gasteiger partial charge in [0.05, 0.1) is 16.4 Å². The molecule has 134 valence electrons. The first-order valence-electron chi connectivity index (χ1n) is 8.40. The van der Waals surface area contributed by atoms with Crippen molar-refractivity contribution < 1.29 is 14.3 Å². The van der Waals surface area contributed by atoms with E-state index in [1.165, 1.54) is 11.3 Å². The zero-order chi connectivity index (χ0) is 18.7. The van der Waals surface area contributed by atoms with Crippen LogP contribution in [-0.4, -0.2) is 30.0 Å². The zero-order valence-corrected chi connectivity index (χ0v) is 15.8. The number of ether oxygens (including phenoxy) is 1. The number of benzene rings is 2. The van der Waals surface area contributed by atoms with Crippen molar-refractivity contribution in [1.82, 2.24) is 4.98 Å². The highest BCUT2D eigenvalue weighted by molar-refractivity contribution is 7.13. The highest BCUT2D eigenvalue weighted by Gasteiger charge is 2.20. The number of nitrogens with zero attached hydrogens (tertiary/aromatic N) is 2. The van der Waals surface area contributed by atoms with Crippen molar-refractivity contribution in [1.29, 1.82) is 0 Å². The van der Waals surface area contributed by atoms with Crippen molar-refractivity contribution in [2.24, 2.45) is 0 Å². The highest BCUT2D eigenvalue weighted by Crippen LogP contribution is 2.27. The molecule has 0 spiro atoms. The predicted molar refractivity (Wildman–Crippen MR) is 104 cm³/mol. The fourth-order valence-electron chi connectivity index (χ4n) is 2.92. The lowest BCUT2D eigenvalue weighted by Crippen LogP contribution is -2.34. The second-order valence-corrected chi connectivity index (χ2v) is 7.06. The van der Waals surface area contributed by atoms with Crippen molar-refractivity contribution in [3.8, 4) is 0 Å². The minimum Gasteiger partial charge on any atom is -0.451 e. The molecule has 5 nitrogen and oxygen atoms in total. The second-order valence-electron chi connectivity index (χ2n) is 5.86. The van der Waals surface area contributed by atoms with E-state index in [0.717, 1.165) is 21.5 Å². The predicted octanol–water partition coefficient (Wildman–Crippen LogP) is 4.12. The first kappa shape index (κ1) is 18.1. The van der Waals surface area contributed by atoms with Crippen LogP contribution in [-0.2, 0) is 9.53 Å². The topological polar surface area (TPSA) is 59.5 Å². The van der Waals surface area contributed by atoms with Crippen molar-refractivity contribution >= 4 is 39.7 Å². The van der Waals surface area contributed by atoms with Gasteiger partial charge < -0.3 is 9.64 Å². The summed E-state index contributed by atoms with van der Waals surface area (Å²) in [5.41, 5.74) is 1.45. The number of aromatic nitrogens is 1. The fraction of sp³-hybridized carbons (Fsp3) is 0.250. The third-order valence-electron chi connectivity index (χ3n) is 4.09. The molecule has 1 heterocycles. The maximum atomic E-state index is 12.7. The summed E-state index contributed by atoms with van der Waals surface area (Å²) in [5, 5.41) is 2.85. The molecule has 26 heavy (non-hydrogen) atoms. The van der Waals surface area contributed by atoms with Crippen LogP contribution in [0.25, 0.3) is 10.8 Å². The first-order chi connectivity index (χ1) is 12.5. The number of esters is 1. The monoisotopic (exact) mass is 368 g/mol. The molecule has 6 heteroatoms. The Hall–Kier alpha value is -2.73. The molecule has 0 aliphatic carbocycles. The van der Waals surface area contributed by atoms with Gasteiger partial charge in [0.15, 0.2) is 6.61 Å². The molecular formula is C20H20N2O3S. The van der Waals surface area contributed by atoms with Crippen molar-refractivity contribution in [2.75, 3.05) is 18.1 Å². The Kier molecular flexibility index (Phi) is 5.32. The molecule has 0 N–H and O–H groups in total. The number of carbonyl (C=O) groups excluding carboxylic acids is 2. The van der Waals surface area contributed by atoms with E-state index in [2.05, 4.69) is 4.98 Å². The zero-order valence-electron chi connectivity index (χ0n) is 15.0. The Bertz CT molecular complexity index is 959. The summed E-state index contributed by atoms with van der Waals surface area (Å²) in [6.07, 6.45) is 0. The van der Waals surface area contributed by atoms with Gasteiger partial charge in [0.2, 0.25) is 0 Å². The van der Waals surface area contributed by atoms with Gasteiger partial charge in [0, 0.05) is 11.9 Å². The quantitative estimate of drug-likeness (QED) is 0.636. The number of carbonyl (C=O) groups is 2. The van der Waals surface area contributed by atoms with Crippen LogP contribution in [0.4, 0.5) is 5.69 Å². The summed E-state index contributed by atoms with van der Waals surface area (Å²) in [4.78, 5) is 31.2. The van der Waals surface area contributed by atoms with Crippen molar-refractivity contribution in [3.63, 3.8) is 0 Å². The minimum atomic E-state index is -0.504. The van der Waals surface area contributed by atoms with Gasteiger partial charge in [-0.25, -0.2) is 9.78 Å². The smallest absolute Gasteiger partial charge is 0.350 e. The molecule has 3 rings (SSSR count). The van der Waals surface area contributed by atoms with Crippen LogP contribution in [0.5, 0.6) is 0 Å². The van der Waals surface area contributed by atoms with Gasteiger partial charge in [-0.2, -0.15) is 0 Å². The van der Waals surface area contributed by atoms with Gasteiger partial charge >= 0.3 is 5.97 Å². The fourth-order valence-corrected chi connectivity index (χ4v) is 3.73. The molecule has 3 aromatic rings. The van der Waals surface area contributed by atoms with Crippen molar-refractivity contribution in [3.05, 3.63) is 58.0 Å². The number of aryl methyl sites for hydroxylation is 2. The van der Waals surface area contributed by atoms with E-state index in [-0.39, 0.29) is 12.5 Å². The molecule has 0 saturated heterocycles. The van der Waals surface area contributed by atoms with Gasteiger partial charge in [0.1, 0.15) is 4.88 Å². The van der Waals surface area contributed by atoms with Gasteiger partial charge in [0.25, 0.3) is 5.91 Å².